The van der Waals surface area contributed by atoms with Gasteiger partial charge < -0.3 is 27.9 Å². The van der Waals surface area contributed by atoms with Crippen LogP contribution in [0, 0.1) is 0 Å². The molecule has 2 heterocycles. The van der Waals surface area contributed by atoms with Crippen molar-refractivity contribution in [1.29, 1.82) is 0 Å². The van der Waals surface area contributed by atoms with Gasteiger partial charge >= 0.3 is 7.12 Å². The molecule has 0 spiro atoms. The molecular weight excluding hydrogens is 495 g/mol. The van der Waals surface area contributed by atoms with Crippen molar-refractivity contribution in [1.82, 2.24) is 0 Å². The topological polar surface area (TPSA) is 55.4 Å². The van der Waals surface area contributed by atoms with E-state index in [2.05, 4.69) is 81.4 Å². The second kappa shape index (κ2) is 13.2. The molecular formula is C30H53BO6Si. The fourth-order valence-electron chi connectivity index (χ4n) is 6.07. The fraction of sp³-hybridized carbons (Fsp3) is 0.800. The molecule has 2 aliphatic rings. The highest BCUT2D eigenvalue weighted by molar-refractivity contribution is 6.77. The molecule has 0 radical (unpaired) electrons. The average Bonchev–Trinajstić information content (AvgIpc) is 3.06. The zero-order valence-electron chi connectivity index (χ0n) is 25.7. The van der Waals surface area contributed by atoms with Gasteiger partial charge in [-0.15, -0.1) is 0 Å². The summed E-state index contributed by atoms with van der Waals surface area (Å²) in [6, 6.07) is 6.28. The van der Waals surface area contributed by atoms with Gasteiger partial charge in [0, 0.05) is 13.2 Å². The first-order valence-electron chi connectivity index (χ1n) is 14.8. The number of ether oxygens (including phenoxy) is 3. The molecule has 6 nitrogen and oxygen atoms in total. The van der Waals surface area contributed by atoms with Crippen LogP contribution in [-0.2, 0) is 29.6 Å². The molecule has 0 aromatic heterocycles. The van der Waals surface area contributed by atoms with Crippen LogP contribution in [0.4, 0.5) is 0 Å². The number of rotatable bonds is 13. The monoisotopic (exact) mass is 548 g/mol. The Labute approximate surface area is 233 Å². The zero-order chi connectivity index (χ0) is 28.1. The van der Waals surface area contributed by atoms with Gasteiger partial charge in [0.25, 0.3) is 0 Å². The van der Waals surface area contributed by atoms with E-state index in [1.807, 2.05) is 6.07 Å². The van der Waals surface area contributed by atoms with Crippen molar-refractivity contribution in [3.63, 3.8) is 0 Å². The normalized spacial score (nSPS) is 21.6. The molecule has 1 atom stereocenters. The molecule has 216 valence electrons. The summed E-state index contributed by atoms with van der Waals surface area (Å²) in [4.78, 5) is 0. The minimum absolute atomic E-state index is 0.104. The van der Waals surface area contributed by atoms with Crippen LogP contribution in [-0.4, -0.2) is 59.4 Å². The van der Waals surface area contributed by atoms with Crippen LogP contribution in [0.25, 0.3) is 0 Å². The van der Waals surface area contributed by atoms with Crippen LogP contribution in [0.5, 0.6) is 5.75 Å². The maximum atomic E-state index is 6.89. The van der Waals surface area contributed by atoms with Crippen LogP contribution in [0.15, 0.2) is 18.2 Å². The molecule has 1 unspecified atom stereocenters. The molecule has 2 aliphatic heterocycles. The number of hydrogen-bond donors (Lipinski definition) is 0. The molecule has 3 rings (SSSR count). The van der Waals surface area contributed by atoms with Gasteiger partial charge in [0.15, 0.2) is 14.6 Å². The average molecular weight is 549 g/mol. The van der Waals surface area contributed by atoms with Crippen molar-refractivity contribution in [3.8, 4) is 5.75 Å². The van der Waals surface area contributed by atoms with Crippen molar-refractivity contribution in [3.05, 3.63) is 23.8 Å². The first-order valence-corrected chi connectivity index (χ1v) is 16.9. The van der Waals surface area contributed by atoms with Crippen LogP contribution in [0.2, 0.25) is 16.6 Å². The Hall–Kier alpha value is -0.898. The van der Waals surface area contributed by atoms with E-state index in [0.717, 1.165) is 49.1 Å². The molecule has 1 aromatic carbocycles. The van der Waals surface area contributed by atoms with E-state index in [1.165, 1.54) is 0 Å². The van der Waals surface area contributed by atoms with E-state index in [0.29, 0.717) is 36.4 Å². The van der Waals surface area contributed by atoms with Crippen LogP contribution < -0.4 is 10.2 Å². The Balaban J connectivity index is 1.74. The molecule has 8 heteroatoms. The van der Waals surface area contributed by atoms with E-state index >= 15 is 0 Å². The predicted octanol–water partition coefficient (Wildman–Crippen LogP) is 6.64. The zero-order valence-corrected chi connectivity index (χ0v) is 26.7. The third kappa shape index (κ3) is 7.24. The Bertz CT molecular complexity index is 844. The Morgan fingerprint density at radius 1 is 0.895 bits per heavy atom. The van der Waals surface area contributed by atoms with E-state index < -0.39 is 15.4 Å². The van der Waals surface area contributed by atoms with E-state index in [9.17, 15) is 0 Å². The van der Waals surface area contributed by atoms with Gasteiger partial charge in [0.05, 0.1) is 17.8 Å². The van der Waals surface area contributed by atoms with Crippen LogP contribution in [0.1, 0.15) is 94.1 Å². The quantitative estimate of drug-likeness (QED) is 0.203. The standard InChI is InChI=1S/C30H53BO6Si/c1-22(2)38(23(3)4,24(5)6)35-18-16-25-21-26(31-36-29(7,8)30(9,10)37-31)14-15-27(25)32-19-20-34-28-13-11-12-17-33-28/h14-15,21-24,28H,11-13,16-20H2,1-10H3. The molecule has 0 saturated carbocycles. The molecule has 0 amide bonds. The first kappa shape index (κ1) is 31.6. The lowest BCUT2D eigenvalue weighted by molar-refractivity contribution is -0.165. The van der Waals surface area contributed by atoms with E-state index in [1.54, 1.807) is 0 Å². The molecule has 38 heavy (non-hydrogen) atoms. The van der Waals surface area contributed by atoms with Crippen molar-refractivity contribution in [2.45, 2.75) is 129 Å². The molecule has 2 fully saturated rings. The summed E-state index contributed by atoms with van der Waals surface area (Å²) in [6.07, 6.45) is 3.90. The molecule has 0 N–H and O–H groups in total. The fourth-order valence-corrected chi connectivity index (χ4v) is 11.5. The minimum Gasteiger partial charge on any atom is -0.491 e. The smallest absolute Gasteiger partial charge is 0.491 e. The number of hydrogen-bond acceptors (Lipinski definition) is 6. The van der Waals surface area contributed by atoms with Gasteiger partial charge in [0.2, 0.25) is 0 Å². The van der Waals surface area contributed by atoms with Gasteiger partial charge in [-0.25, -0.2) is 0 Å². The summed E-state index contributed by atoms with van der Waals surface area (Å²) in [5.74, 6) is 0.868. The van der Waals surface area contributed by atoms with E-state index in [-0.39, 0.29) is 17.5 Å². The van der Waals surface area contributed by atoms with Crippen molar-refractivity contribution >= 4 is 20.9 Å². The second-order valence-corrected chi connectivity index (χ2v) is 18.3. The predicted molar refractivity (Wildman–Crippen MR) is 158 cm³/mol. The van der Waals surface area contributed by atoms with E-state index in [4.69, 9.17) is 27.9 Å². The van der Waals surface area contributed by atoms with Gasteiger partial charge in [-0.2, -0.15) is 0 Å². The first-order chi connectivity index (χ1) is 17.8. The third-order valence-electron chi connectivity index (χ3n) is 8.82. The maximum Gasteiger partial charge on any atom is 0.494 e. The van der Waals surface area contributed by atoms with Crippen molar-refractivity contribution in [2.75, 3.05) is 26.4 Å². The summed E-state index contributed by atoms with van der Waals surface area (Å²) in [5, 5.41) is 0. The van der Waals surface area contributed by atoms with Crippen molar-refractivity contribution < 1.29 is 27.9 Å². The lowest BCUT2D eigenvalue weighted by Crippen LogP contribution is -2.48. The summed E-state index contributed by atoms with van der Waals surface area (Å²) >= 11 is 0. The molecule has 1 aromatic rings. The van der Waals surface area contributed by atoms with Gasteiger partial charge in [-0.05, 0) is 87.1 Å². The Morgan fingerprint density at radius 2 is 1.53 bits per heavy atom. The minimum atomic E-state index is -1.95. The molecule has 0 aliphatic carbocycles. The molecule has 2 saturated heterocycles. The third-order valence-corrected chi connectivity index (χ3v) is 14.9. The van der Waals surface area contributed by atoms with Crippen LogP contribution in [0.3, 0.4) is 0 Å². The summed E-state index contributed by atoms with van der Waals surface area (Å²) in [5.41, 5.74) is 3.01. The highest BCUT2D eigenvalue weighted by atomic mass is 28.4. The van der Waals surface area contributed by atoms with Gasteiger partial charge in [-0.3, -0.25) is 0 Å². The summed E-state index contributed by atoms with van der Waals surface area (Å²) in [6.45, 7) is 24.8. The highest BCUT2D eigenvalue weighted by Gasteiger charge is 2.52. The largest absolute Gasteiger partial charge is 0.494 e. The summed E-state index contributed by atoms with van der Waals surface area (Å²) < 4.78 is 37.4. The SMILES string of the molecule is CC(C)[Si](OCCc1cc(B2OC(C)(C)C(C)(C)O2)ccc1OCCOC1CCCCO1)(C(C)C)C(C)C. The Morgan fingerprint density at radius 3 is 2.08 bits per heavy atom. The second-order valence-electron chi connectivity index (χ2n) is 12.9. The lowest BCUT2D eigenvalue weighted by atomic mass is 9.78. The van der Waals surface area contributed by atoms with Gasteiger partial charge in [0.1, 0.15) is 12.4 Å². The number of benzene rings is 1. The summed E-state index contributed by atoms with van der Waals surface area (Å²) in [7, 11) is -2.36. The Kier molecular flexibility index (Phi) is 11.0. The maximum absolute atomic E-state index is 6.89. The lowest BCUT2D eigenvalue weighted by Gasteiger charge is -2.42. The highest BCUT2D eigenvalue weighted by Crippen LogP contribution is 2.42. The van der Waals surface area contributed by atoms with Crippen molar-refractivity contribution in [2.24, 2.45) is 0 Å². The van der Waals surface area contributed by atoms with Gasteiger partial charge in [-0.1, -0.05) is 53.7 Å². The molecule has 0 bridgehead atoms. The van der Waals surface area contributed by atoms with Crippen LogP contribution >= 0.6 is 0 Å².